The first-order valence-corrected chi connectivity index (χ1v) is 16.8. The van der Waals surface area contributed by atoms with Crippen molar-refractivity contribution >= 4 is 27.5 Å². The molecule has 236 valence electrons. The summed E-state index contributed by atoms with van der Waals surface area (Å²) in [6, 6.07) is 30.2. The molecule has 0 saturated carbocycles. The van der Waals surface area contributed by atoms with Gasteiger partial charge in [-0.05, 0) is 73.2 Å². The number of benzene rings is 4. The lowest BCUT2D eigenvalue weighted by Crippen LogP contribution is -2.53. The zero-order valence-corrected chi connectivity index (χ0v) is 27.6. The quantitative estimate of drug-likeness (QED) is 0.186. The van der Waals surface area contributed by atoms with Gasteiger partial charge in [0.2, 0.25) is 11.8 Å². The maximum atomic E-state index is 14.5. The Morgan fingerprint density at radius 2 is 1.42 bits per heavy atom. The fourth-order valence-electron chi connectivity index (χ4n) is 5.21. The van der Waals surface area contributed by atoms with E-state index in [2.05, 4.69) is 19.2 Å². The van der Waals surface area contributed by atoms with Crippen molar-refractivity contribution in [3.63, 3.8) is 0 Å². The third kappa shape index (κ3) is 8.39. The van der Waals surface area contributed by atoms with E-state index in [0.717, 1.165) is 32.1 Å². The van der Waals surface area contributed by atoms with Crippen LogP contribution >= 0.6 is 0 Å². The molecule has 4 aromatic rings. The number of hydrogen-bond acceptors (Lipinski definition) is 4. The molecule has 0 aliphatic rings. The van der Waals surface area contributed by atoms with Crippen LogP contribution in [0.4, 0.5) is 5.69 Å². The molecular weight excluding hydrogens is 582 g/mol. The molecule has 1 N–H and O–H groups in total. The van der Waals surface area contributed by atoms with Gasteiger partial charge in [0, 0.05) is 19.5 Å². The van der Waals surface area contributed by atoms with Crippen LogP contribution in [0.1, 0.15) is 54.5 Å². The number of sulfonamides is 1. The number of aryl methyl sites for hydroxylation is 2. The van der Waals surface area contributed by atoms with Gasteiger partial charge in [0.25, 0.3) is 10.0 Å². The fraction of sp³-hybridized carbons (Fsp3) is 0.297. The van der Waals surface area contributed by atoms with Crippen LogP contribution in [0.3, 0.4) is 0 Å². The van der Waals surface area contributed by atoms with Crippen molar-refractivity contribution < 1.29 is 18.0 Å². The molecule has 0 aromatic heterocycles. The van der Waals surface area contributed by atoms with Crippen molar-refractivity contribution in [3.05, 3.63) is 131 Å². The first-order valence-electron chi connectivity index (χ1n) is 15.4. The fourth-order valence-corrected chi connectivity index (χ4v) is 6.62. The summed E-state index contributed by atoms with van der Waals surface area (Å²) in [7, 11) is -4.14. The highest BCUT2D eigenvalue weighted by Gasteiger charge is 2.34. The van der Waals surface area contributed by atoms with E-state index in [9.17, 15) is 18.0 Å². The smallest absolute Gasteiger partial charge is 0.264 e. The van der Waals surface area contributed by atoms with Crippen LogP contribution in [0.15, 0.2) is 108 Å². The SMILES string of the molecule is CCNC(=O)C(Cc1ccccc1)N(Cc1ccccc1C)C(=O)CN(c1ccc(C(C)C)cc1)S(=O)(=O)c1ccc(C)cc1. The van der Waals surface area contributed by atoms with Gasteiger partial charge in [-0.25, -0.2) is 8.42 Å². The summed E-state index contributed by atoms with van der Waals surface area (Å²) in [5.41, 5.74) is 5.10. The van der Waals surface area contributed by atoms with Crippen molar-refractivity contribution in [3.8, 4) is 0 Å². The summed E-state index contributed by atoms with van der Waals surface area (Å²) in [5.74, 6) is -0.519. The van der Waals surface area contributed by atoms with Crippen LogP contribution in [0.5, 0.6) is 0 Å². The van der Waals surface area contributed by atoms with E-state index >= 15 is 0 Å². The van der Waals surface area contributed by atoms with Crippen LogP contribution in [0.2, 0.25) is 0 Å². The summed E-state index contributed by atoms with van der Waals surface area (Å²) in [4.78, 5) is 29.8. The number of carbonyl (C=O) groups excluding carboxylic acids is 2. The van der Waals surface area contributed by atoms with Gasteiger partial charge in [-0.2, -0.15) is 0 Å². The van der Waals surface area contributed by atoms with E-state index in [1.54, 1.807) is 36.4 Å². The van der Waals surface area contributed by atoms with Gasteiger partial charge in [-0.1, -0.05) is 98.3 Å². The highest BCUT2D eigenvalue weighted by molar-refractivity contribution is 7.92. The second kappa shape index (κ2) is 15.0. The molecule has 4 rings (SSSR count). The van der Waals surface area contributed by atoms with E-state index < -0.39 is 28.5 Å². The lowest BCUT2D eigenvalue weighted by Gasteiger charge is -2.34. The van der Waals surface area contributed by atoms with Crippen LogP contribution < -0.4 is 9.62 Å². The second-order valence-electron chi connectivity index (χ2n) is 11.6. The molecule has 2 amide bonds. The predicted molar refractivity (Wildman–Crippen MR) is 181 cm³/mol. The Labute approximate surface area is 268 Å². The molecule has 0 aliphatic heterocycles. The Balaban J connectivity index is 1.81. The van der Waals surface area contributed by atoms with E-state index in [1.807, 2.05) is 87.5 Å². The summed E-state index contributed by atoms with van der Waals surface area (Å²) >= 11 is 0. The van der Waals surface area contributed by atoms with E-state index in [1.165, 1.54) is 4.90 Å². The minimum absolute atomic E-state index is 0.0869. The zero-order chi connectivity index (χ0) is 32.6. The number of rotatable bonds is 13. The monoisotopic (exact) mass is 625 g/mol. The van der Waals surface area contributed by atoms with Crippen LogP contribution in [-0.4, -0.2) is 44.3 Å². The largest absolute Gasteiger partial charge is 0.355 e. The minimum Gasteiger partial charge on any atom is -0.355 e. The van der Waals surface area contributed by atoms with Crippen molar-refractivity contribution in [1.82, 2.24) is 10.2 Å². The van der Waals surface area contributed by atoms with Gasteiger partial charge in [0.15, 0.2) is 0 Å². The molecule has 7 nitrogen and oxygen atoms in total. The van der Waals surface area contributed by atoms with Crippen LogP contribution in [0.25, 0.3) is 0 Å². The van der Waals surface area contributed by atoms with E-state index in [-0.39, 0.29) is 29.7 Å². The highest BCUT2D eigenvalue weighted by Crippen LogP contribution is 2.27. The topological polar surface area (TPSA) is 86.8 Å². The number of carbonyl (C=O) groups is 2. The van der Waals surface area contributed by atoms with E-state index in [4.69, 9.17) is 0 Å². The number of anilines is 1. The Bertz CT molecular complexity index is 1690. The number of nitrogens with zero attached hydrogens (tertiary/aromatic N) is 2. The molecule has 0 saturated heterocycles. The summed E-state index contributed by atoms with van der Waals surface area (Å²) in [5, 5.41) is 2.90. The summed E-state index contributed by atoms with van der Waals surface area (Å²) in [6.45, 7) is 9.88. The lowest BCUT2D eigenvalue weighted by atomic mass is 10.0. The second-order valence-corrected chi connectivity index (χ2v) is 13.5. The maximum Gasteiger partial charge on any atom is 0.264 e. The molecule has 0 radical (unpaired) electrons. The molecule has 1 atom stereocenters. The number of hydrogen-bond donors (Lipinski definition) is 1. The summed E-state index contributed by atoms with van der Waals surface area (Å²) in [6.07, 6.45) is 0.276. The molecule has 0 spiro atoms. The molecule has 45 heavy (non-hydrogen) atoms. The van der Waals surface area contributed by atoms with Crippen molar-refractivity contribution in [1.29, 1.82) is 0 Å². The van der Waals surface area contributed by atoms with Crippen molar-refractivity contribution in [2.24, 2.45) is 0 Å². The Kier molecular flexibility index (Phi) is 11.2. The number of nitrogens with one attached hydrogen (secondary N) is 1. The zero-order valence-electron chi connectivity index (χ0n) is 26.7. The standard InChI is InChI=1S/C37H43N3O4S/c1-6-38-37(42)35(24-30-13-8-7-9-14-30)39(25-32-15-11-10-12-29(32)5)36(41)26-40(33-20-18-31(19-21-33)27(2)3)45(43,44)34-22-16-28(4)17-23-34/h7-23,27,35H,6,24-26H2,1-5H3,(H,38,42). The predicted octanol–water partition coefficient (Wildman–Crippen LogP) is 6.40. The first kappa shape index (κ1) is 33.5. The average molecular weight is 626 g/mol. The lowest BCUT2D eigenvalue weighted by molar-refractivity contribution is -0.140. The van der Waals surface area contributed by atoms with Gasteiger partial charge in [-0.15, -0.1) is 0 Å². The number of amides is 2. The summed E-state index contributed by atoms with van der Waals surface area (Å²) < 4.78 is 29.6. The van der Waals surface area contributed by atoms with E-state index in [0.29, 0.717) is 12.2 Å². The third-order valence-electron chi connectivity index (χ3n) is 7.96. The number of likely N-dealkylation sites (N-methyl/N-ethyl adjacent to an activating group) is 1. The molecular formula is C37H43N3O4S. The molecule has 0 bridgehead atoms. The Hall–Kier alpha value is -4.43. The van der Waals surface area contributed by atoms with Gasteiger partial charge in [0.1, 0.15) is 12.6 Å². The minimum atomic E-state index is -4.14. The molecule has 1 unspecified atom stereocenters. The van der Waals surface area contributed by atoms with Crippen LogP contribution in [-0.2, 0) is 32.6 Å². The van der Waals surface area contributed by atoms with Gasteiger partial charge in [-0.3, -0.25) is 13.9 Å². The van der Waals surface area contributed by atoms with Crippen molar-refractivity contribution in [2.45, 2.75) is 64.4 Å². The average Bonchev–Trinajstić information content (AvgIpc) is 3.03. The van der Waals surface area contributed by atoms with Crippen molar-refractivity contribution in [2.75, 3.05) is 17.4 Å². The normalized spacial score (nSPS) is 12.0. The Morgan fingerprint density at radius 3 is 2.02 bits per heavy atom. The molecule has 0 heterocycles. The first-order chi connectivity index (χ1) is 21.5. The molecule has 0 fully saturated rings. The molecule has 4 aromatic carbocycles. The van der Waals surface area contributed by atoms with Gasteiger partial charge < -0.3 is 10.2 Å². The Morgan fingerprint density at radius 1 is 0.800 bits per heavy atom. The highest BCUT2D eigenvalue weighted by atomic mass is 32.2. The third-order valence-corrected chi connectivity index (χ3v) is 9.75. The van der Waals surface area contributed by atoms with Crippen LogP contribution in [0, 0.1) is 13.8 Å². The maximum absolute atomic E-state index is 14.5. The molecule has 8 heteroatoms. The van der Waals surface area contributed by atoms with Gasteiger partial charge in [0.05, 0.1) is 10.6 Å². The van der Waals surface area contributed by atoms with Gasteiger partial charge >= 0.3 is 0 Å². The molecule has 0 aliphatic carbocycles.